The second-order valence-electron chi connectivity index (χ2n) is 6.92. The highest BCUT2D eigenvalue weighted by molar-refractivity contribution is 5.78. The van der Waals surface area contributed by atoms with Gasteiger partial charge in [-0.1, -0.05) is 0 Å². The van der Waals surface area contributed by atoms with Crippen LogP contribution in [0.1, 0.15) is 12.8 Å². The Morgan fingerprint density at radius 1 is 1.42 bits per heavy atom. The van der Waals surface area contributed by atoms with Crippen LogP contribution in [0.2, 0.25) is 0 Å². The highest BCUT2D eigenvalue weighted by Gasteiger charge is 2.42. The lowest BCUT2D eigenvalue weighted by molar-refractivity contribution is -0.152. The van der Waals surface area contributed by atoms with Crippen molar-refractivity contribution in [2.75, 3.05) is 58.3 Å². The Morgan fingerprint density at radius 2 is 2.25 bits per heavy atom. The molecule has 2 fully saturated rings. The summed E-state index contributed by atoms with van der Waals surface area (Å²) in [4.78, 5) is 22.3. The zero-order valence-corrected chi connectivity index (χ0v) is 14.4. The summed E-state index contributed by atoms with van der Waals surface area (Å²) >= 11 is 0. The van der Waals surface area contributed by atoms with Crippen LogP contribution >= 0.6 is 0 Å². The second kappa shape index (κ2) is 7.03. The van der Waals surface area contributed by atoms with Gasteiger partial charge in [-0.05, 0) is 39.1 Å². The Bertz CT molecular complexity index is 594. The first-order chi connectivity index (χ1) is 11.5. The lowest BCUT2D eigenvalue weighted by atomic mass is 9.90. The Morgan fingerprint density at radius 3 is 3.00 bits per heavy atom. The number of ether oxygens (including phenoxy) is 1. The van der Waals surface area contributed by atoms with E-state index in [0.29, 0.717) is 38.6 Å². The molecule has 2 saturated heterocycles. The van der Waals surface area contributed by atoms with Crippen molar-refractivity contribution in [3.63, 3.8) is 0 Å². The number of hydrogen-bond acceptors (Lipinski definition) is 5. The average molecular weight is 336 g/mol. The smallest absolute Gasteiger partial charge is 0.236 e. The molecule has 0 radical (unpaired) electrons. The van der Waals surface area contributed by atoms with E-state index >= 15 is 0 Å². The highest BCUT2D eigenvalue weighted by Crippen LogP contribution is 2.31. The molecule has 1 atom stereocenters. The van der Waals surface area contributed by atoms with Crippen LogP contribution in [0.3, 0.4) is 0 Å². The fourth-order valence-corrected chi connectivity index (χ4v) is 3.56. The van der Waals surface area contributed by atoms with E-state index in [1.165, 1.54) is 6.07 Å². The molecule has 0 bridgehead atoms. The van der Waals surface area contributed by atoms with Crippen LogP contribution in [0.5, 0.6) is 0 Å². The van der Waals surface area contributed by atoms with Gasteiger partial charge in [0.2, 0.25) is 5.91 Å². The molecule has 0 aromatic carbocycles. The molecule has 0 N–H and O–H groups in total. The highest BCUT2D eigenvalue weighted by atomic mass is 19.1. The molecule has 1 aromatic rings. The van der Waals surface area contributed by atoms with Crippen LogP contribution in [-0.4, -0.2) is 79.7 Å². The lowest BCUT2D eigenvalue weighted by Crippen LogP contribution is -2.61. The molecule has 1 aromatic heterocycles. The Hall–Kier alpha value is -1.73. The summed E-state index contributed by atoms with van der Waals surface area (Å²) in [7, 11) is 3.78. The van der Waals surface area contributed by atoms with E-state index in [1.54, 1.807) is 12.3 Å². The monoisotopic (exact) mass is 336 g/mol. The molecular weight excluding hydrogens is 311 g/mol. The van der Waals surface area contributed by atoms with Crippen LogP contribution in [0.15, 0.2) is 18.3 Å². The van der Waals surface area contributed by atoms with E-state index in [9.17, 15) is 9.18 Å². The Kier molecular flexibility index (Phi) is 5.01. The minimum atomic E-state index is -0.428. The molecule has 0 unspecified atom stereocenters. The van der Waals surface area contributed by atoms with Gasteiger partial charge in [0, 0.05) is 19.3 Å². The first-order valence-corrected chi connectivity index (χ1v) is 8.41. The standard InChI is InChI=1S/C17H25FN4O2/c1-20(2)11-15(23)21-9-10-24-17(12-21)6-4-8-22(13-17)16-14(18)5-3-7-19-16/h3,5,7H,4,6,8-13H2,1-2H3/t17-/m0/s1. The predicted octanol–water partition coefficient (Wildman–Crippen LogP) is 0.980. The summed E-state index contributed by atoms with van der Waals surface area (Å²) in [6.45, 7) is 3.42. The van der Waals surface area contributed by atoms with E-state index in [2.05, 4.69) is 4.98 Å². The molecule has 24 heavy (non-hydrogen) atoms. The predicted molar refractivity (Wildman–Crippen MR) is 89.5 cm³/mol. The first-order valence-electron chi connectivity index (χ1n) is 8.41. The van der Waals surface area contributed by atoms with Gasteiger partial charge in [-0.3, -0.25) is 4.79 Å². The summed E-state index contributed by atoms with van der Waals surface area (Å²) < 4.78 is 20.1. The van der Waals surface area contributed by atoms with Crippen LogP contribution in [0.4, 0.5) is 10.2 Å². The van der Waals surface area contributed by atoms with Crippen molar-refractivity contribution >= 4 is 11.7 Å². The molecule has 132 valence electrons. The average Bonchev–Trinajstić information content (AvgIpc) is 2.55. The van der Waals surface area contributed by atoms with Gasteiger partial charge in [0.1, 0.15) is 5.60 Å². The minimum Gasteiger partial charge on any atom is -0.369 e. The number of aromatic nitrogens is 1. The van der Waals surface area contributed by atoms with Crippen molar-refractivity contribution in [2.45, 2.75) is 18.4 Å². The molecule has 7 heteroatoms. The van der Waals surface area contributed by atoms with Crippen molar-refractivity contribution < 1.29 is 13.9 Å². The van der Waals surface area contributed by atoms with Gasteiger partial charge in [0.15, 0.2) is 11.6 Å². The zero-order chi connectivity index (χ0) is 17.2. The largest absolute Gasteiger partial charge is 0.369 e. The zero-order valence-electron chi connectivity index (χ0n) is 14.4. The third-order valence-corrected chi connectivity index (χ3v) is 4.63. The normalized spacial score (nSPS) is 24.7. The van der Waals surface area contributed by atoms with Crippen molar-refractivity contribution in [1.82, 2.24) is 14.8 Å². The van der Waals surface area contributed by atoms with Gasteiger partial charge in [-0.25, -0.2) is 9.37 Å². The van der Waals surface area contributed by atoms with E-state index in [1.807, 2.05) is 28.8 Å². The summed E-state index contributed by atoms with van der Waals surface area (Å²) in [6.07, 6.45) is 3.38. The number of amides is 1. The molecule has 2 aliphatic heterocycles. The van der Waals surface area contributed by atoms with E-state index in [0.717, 1.165) is 19.4 Å². The molecule has 1 amide bonds. The maximum absolute atomic E-state index is 14.1. The van der Waals surface area contributed by atoms with Gasteiger partial charge < -0.3 is 19.4 Å². The first kappa shape index (κ1) is 17.1. The lowest BCUT2D eigenvalue weighted by Gasteiger charge is -2.48. The van der Waals surface area contributed by atoms with Gasteiger partial charge in [-0.2, -0.15) is 0 Å². The maximum Gasteiger partial charge on any atom is 0.236 e. The third-order valence-electron chi connectivity index (χ3n) is 4.63. The number of likely N-dealkylation sites (N-methyl/N-ethyl adjacent to an activating group) is 1. The minimum absolute atomic E-state index is 0.115. The molecule has 6 nitrogen and oxygen atoms in total. The molecule has 1 spiro atoms. The van der Waals surface area contributed by atoms with Gasteiger partial charge in [0.25, 0.3) is 0 Å². The topological polar surface area (TPSA) is 48.9 Å². The molecule has 2 aliphatic rings. The fourth-order valence-electron chi connectivity index (χ4n) is 3.56. The number of anilines is 1. The molecule has 0 aliphatic carbocycles. The third kappa shape index (κ3) is 3.67. The quantitative estimate of drug-likeness (QED) is 0.824. The number of morpholine rings is 1. The number of carbonyl (C=O) groups is 1. The summed E-state index contributed by atoms with van der Waals surface area (Å²) in [5.41, 5.74) is -0.428. The molecule has 3 rings (SSSR count). The Balaban J connectivity index is 1.72. The van der Waals surface area contributed by atoms with Crippen molar-refractivity contribution in [1.29, 1.82) is 0 Å². The number of rotatable bonds is 3. The SMILES string of the molecule is CN(C)CC(=O)N1CCO[C@@]2(CCCN(c3ncccc3F)C2)C1. The van der Waals surface area contributed by atoms with Gasteiger partial charge in [0.05, 0.1) is 26.2 Å². The summed E-state index contributed by atoms with van der Waals surface area (Å²) in [5, 5.41) is 0. The number of halogens is 1. The summed E-state index contributed by atoms with van der Waals surface area (Å²) in [5.74, 6) is 0.173. The van der Waals surface area contributed by atoms with Crippen molar-refractivity contribution in [3.05, 3.63) is 24.1 Å². The fraction of sp³-hybridized carbons (Fsp3) is 0.647. The van der Waals surface area contributed by atoms with E-state index in [4.69, 9.17) is 4.74 Å². The van der Waals surface area contributed by atoms with Gasteiger partial charge in [-0.15, -0.1) is 0 Å². The molecular formula is C17H25FN4O2. The van der Waals surface area contributed by atoms with Crippen LogP contribution < -0.4 is 4.90 Å². The van der Waals surface area contributed by atoms with E-state index in [-0.39, 0.29) is 11.7 Å². The number of nitrogens with zero attached hydrogens (tertiary/aromatic N) is 4. The molecule has 3 heterocycles. The maximum atomic E-state index is 14.1. The number of carbonyl (C=O) groups excluding carboxylic acids is 1. The van der Waals surface area contributed by atoms with Crippen LogP contribution in [0, 0.1) is 5.82 Å². The van der Waals surface area contributed by atoms with Crippen LogP contribution in [-0.2, 0) is 9.53 Å². The Labute approximate surface area is 142 Å². The van der Waals surface area contributed by atoms with Crippen LogP contribution in [0.25, 0.3) is 0 Å². The number of pyridine rings is 1. The summed E-state index contributed by atoms with van der Waals surface area (Å²) in [6, 6.07) is 3.02. The number of hydrogen-bond donors (Lipinski definition) is 0. The number of piperidine rings is 1. The van der Waals surface area contributed by atoms with E-state index < -0.39 is 5.60 Å². The van der Waals surface area contributed by atoms with Crippen molar-refractivity contribution in [3.8, 4) is 0 Å². The van der Waals surface area contributed by atoms with Gasteiger partial charge >= 0.3 is 0 Å². The second-order valence-corrected chi connectivity index (χ2v) is 6.92. The van der Waals surface area contributed by atoms with Crippen molar-refractivity contribution in [2.24, 2.45) is 0 Å². The molecule has 0 saturated carbocycles.